The van der Waals surface area contributed by atoms with Crippen molar-refractivity contribution in [2.45, 2.75) is 26.3 Å². The van der Waals surface area contributed by atoms with Crippen molar-refractivity contribution in [1.29, 1.82) is 0 Å². The van der Waals surface area contributed by atoms with Crippen LogP contribution in [0.1, 0.15) is 29.8 Å². The Bertz CT molecular complexity index is 526. The first-order valence-corrected chi connectivity index (χ1v) is 6.18. The first-order valence-electron chi connectivity index (χ1n) is 6.18. The van der Waals surface area contributed by atoms with E-state index >= 15 is 0 Å². The molecule has 2 amide bonds. The lowest BCUT2D eigenvalue weighted by Crippen LogP contribution is -2.49. The Kier molecular flexibility index (Phi) is 4.73. The highest BCUT2D eigenvalue weighted by Gasteiger charge is 2.26. The molecule has 0 spiro atoms. The number of nitrogens with one attached hydrogen (secondary N) is 1. The SMILES string of the molecule is Cc1cc(NC(=O)N(C)C(C)(C)CO)ccc1C(=O)O. The average Bonchev–Trinajstić information content (AvgIpc) is 2.37. The largest absolute Gasteiger partial charge is 0.478 e. The van der Waals surface area contributed by atoms with Gasteiger partial charge in [0.2, 0.25) is 0 Å². The summed E-state index contributed by atoms with van der Waals surface area (Å²) in [7, 11) is 1.59. The molecule has 0 atom stereocenters. The molecule has 6 nitrogen and oxygen atoms in total. The van der Waals surface area contributed by atoms with Crippen LogP contribution in [0.3, 0.4) is 0 Å². The van der Waals surface area contributed by atoms with Crippen molar-refractivity contribution >= 4 is 17.7 Å². The van der Waals surface area contributed by atoms with Gasteiger partial charge in [0.05, 0.1) is 17.7 Å². The molecule has 0 heterocycles. The van der Waals surface area contributed by atoms with Crippen molar-refractivity contribution in [3.05, 3.63) is 29.3 Å². The number of hydrogen-bond acceptors (Lipinski definition) is 3. The van der Waals surface area contributed by atoms with E-state index in [2.05, 4.69) is 5.32 Å². The predicted molar refractivity (Wildman–Crippen MR) is 76.1 cm³/mol. The van der Waals surface area contributed by atoms with E-state index in [1.807, 2.05) is 0 Å². The molecular formula is C14H20N2O4. The van der Waals surface area contributed by atoms with Crippen molar-refractivity contribution in [2.75, 3.05) is 19.0 Å². The van der Waals surface area contributed by atoms with Gasteiger partial charge in [-0.3, -0.25) is 0 Å². The van der Waals surface area contributed by atoms with Gasteiger partial charge in [-0.15, -0.1) is 0 Å². The summed E-state index contributed by atoms with van der Waals surface area (Å²) < 4.78 is 0. The number of carbonyl (C=O) groups is 2. The van der Waals surface area contributed by atoms with Gasteiger partial charge in [-0.05, 0) is 44.5 Å². The Hall–Kier alpha value is -2.08. The molecule has 0 aliphatic heterocycles. The van der Waals surface area contributed by atoms with Crippen molar-refractivity contribution in [1.82, 2.24) is 4.90 Å². The van der Waals surface area contributed by atoms with E-state index in [9.17, 15) is 14.7 Å². The third-order valence-corrected chi connectivity index (χ3v) is 3.31. The number of urea groups is 1. The summed E-state index contributed by atoms with van der Waals surface area (Å²) in [6.07, 6.45) is 0. The van der Waals surface area contributed by atoms with Crippen LogP contribution in [0, 0.1) is 6.92 Å². The van der Waals surface area contributed by atoms with Crippen LogP contribution in [-0.2, 0) is 0 Å². The number of carbonyl (C=O) groups excluding carboxylic acids is 1. The van der Waals surface area contributed by atoms with Crippen LogP contribution in [0.5, 0.6) is 0 Å². The molecule has 0 aliphatic rings. The van der Waals surface area contributed by atoms with Crippen LogP contribution >= 0.6 is 0 Å². The maximum atomic E-state index is 12.0. The van der Waals surface area contributed by atoms with E-state index in [1.54, 1.807) is 33.9 Å². The molecule has 110 valence electrons. The number of nitrogens with zero attached hydrogens (tertiary/aromatic N) is 1. The number of carboxylic acid groups (broad SMARTS) is 1. The van der Waals surface area contributed by atoms with Gasteiger partial charge in [0, 0.05) is 12.7 Å². The fraction of sp³-hybridized carbons (Fsp3) is 0.429. The zero-order chi connectivity index (χ0) is 15.5. The third-order valence-electron chi connectivity index (χ3n) is 3.31. The zero-order valence-electron chi connectivity index (χ0n) is 12.1. The van der Waals surface area contributed by atoms with Crippen LogP contribution in [0.2, 0.25) is 0 Å². The monoisotopic (exact) mass is 280 g/mol. The summed E-state index contributed by atoms with van der Waals surface area (Å²) in [5.74, 6) is -1.00. The molecule has 3 N–H and O–H groups in total. The summed E-state index contributed by atoms with van der Waals surface area (Å²) in [5, 5.41) is 20.8. The quantitative estimate of drug-likeness (QED) is 0.786. The summed E-state index contributed by atoms with van der Waals surface area (Å²) in [4.78, 5) is 24.3. The van der Waals surface area contributed by atoms with Crippen LogP contribution < -0.4 is 5.32 Å². The van der Waals surface area contributed by atoms with Crippen LogP contribution in [-0.4, -0.2) is 46.3 Å². The molecule has 1 rings (SSSR count). The van der Waals surface area contributed by atoms with Gasteiger partial charge in [-0.2, -0.15) is 0 Å². The lowest BCUT2D eigenvalue weighted by atomic mass is 10.1. The summed E-state index contributed by atoms with van der Waals surface area (Å²) in [5.41, 5.74) is 0.602. The maximum absolute atomic E-state index is 12.0. The number of aryl methyl sites for hydroxylation is 1. The minimum atomic E-state index is -1.00. The number of aromatic carboxylic acids is 1. The summed E-state index contributed by atoms with van der Waals surface area (Å²) >= 11 is 0. The summed E-state index contributed by atoms with van der Waals surface area (Å²) in [6, 6.07) is 4.21. The molecule has 0 saturated carbocycles. The minimum absolute atomic E-state index is 0.159. The molecule has 0 aliphatic carbocycles. The first kappa shape index (κ1) is 16.0. The number of anilines is 1. The van der Waals surface area contributed by atoms with E-state index in [0.29, 0.717) is 11.3 Å². The molecule has 0 fully saturated rings. The molecular weight excluding hydrogens is 260 g/mol. The zero-order valence-corrected chi connectivity index (χ0v) is 12.1. The fourth-order valence-electron chi connectivity index (χ4n) is 1.57. The highest BCUT2D eigenvalue weighted by atomic mass is 16.4. The third kappa shape index (κ3) is 3.48. The van der Waals surface area contributed by atoms with E-state index in [-0.39, 0.29) is 18.2 Å². The van der Waals surface area contributed by atoms with E-state index in [1.165, 1.54) is 17.0 Å². The fourth-order valence-corrected chi connectivity index (χ4v) is 1.57. The Morgan fingerprint density at radius 1 is 1.35 bits per heavy atom. The molecule has 0 bridgehead atoms. The molecule has 20 heavy (non-hydrogen) atoms. The Labute approximate surface area is 118 Å². The summed E-state index contributed by atoms with van der Waals surface area (Å²) in [6.45, 7) is 4.99. The number of rotatable bonds is 4. The first-order chi connectivity index (χ1) is 9.19. The number of benzene rings is 1. The predicted octanol–water partition coefficient (Wildman–Crippen LogP) is 1.93. The minimum Gasteiger partial charge on any atom is -0.478 e. The van der Waals surface area contributed by atoms with Gasteiger partial charge in [-0.25, -0.2) is 9.59 Å². The normalized spacial score (nSPS) is 11.1. The molecule has 0 radical (unpaired) electrons. The molecule has 6 heteroatoms. The molecule has 1 aromatic carbocycles. The lowest BCUT2D eigenvalue weighted by molar-refractivity contribution is 0.0696. The molecule has 0 aromatic heterocycles. The van der Waals surface area contributed by atoms with Crippen molar-refractivity contribution in [3.63, 3.8) is 0 Å². The molecule has 1 aromatic rings. The number of carboxylic acids is 1. The van der Waals surface area contributed by atoms with Gasteiger partial charge in [0.1, 0.15) is 0 Å². The van der Waals surface area contributed by atoms with Crippen molar-refractivity contribution in [3.8, 4) is 0 Å². The van der Waals surface area contributed by atoms with Gasteiger partial charge < -0.3 is 20.4 Å². The van der Waals surface area contributed by atoms with E-state index in [0.717, 1.165) is 0 Å². The standard InChI is InChI=1S/C14H20N2O4/c1-9-7-10(5-6-11(9)12(18)19)15-13(20)16(4)14(2,3)8-17/h5-7,17H,8H2,1-4H3,(H,15,20)(H,18,19). The van der Waals surface area contributed by atoms with Crippen molar-refractivity contribution in [2.24, 2.45) is 0 Å². The molecule has 0 saturated heterocycles. The highest BCUT2D eigenvalue weighted by Crippen LogP contribution is 2.17. The topological polar surface area (TPSA) is 89.9 Å². The maximum Gasteiger partial charge on any atom is 0.335 e. The second kappa shape index (κ2) is 5.92. The van der Waals surface area contributed by atoms with Crippen LogP contribution in [0.25, 0.3) is 0 Å². The molecule has 0 unspecified atom stereocenters. The van der Waals surface area contributed by atoms with E-state index < -0.39 is 11.5 Å². The van der Waals surface area contributed by atoms with Crippen LogP contribution in [0.15, 0.2) is 18.2 Å². The number of aliphatic hydroxyl groups is 1. The van der Waals surface area contributed by atoms with Gasteiger partial charge in [0.15, 0.2) is 0 Å². The van der Waals surface area contributed by atoms with Crippen molar-refractivity contribution < 1.29 is 19.8 Å². The number of aliphatic hydroxyl groups excluding tert-OH is 1. The van der Waals surface area contributed by atoms with Gasteiger partial charge in [0.25, 0.3) is 0 Å². The Balaban J connectivity index is 2.87. The second-order valence-electron chi connectivity index (χ2n) is 5.29. The van der Waals surface area contributed by atoms with Gasteiger partial charge in [-0.1, -0.05) is 0 Å². The number of hydrogen-bond donors (Lipinski definition) is 3. The average molecular weight is 280 g/mol. The van der Waals surface area contributed by atoms with Gasteiger partial charge >= 0.3 is 12.0 Å². The Morgan fingerprint density at radius 2 is 1.95 bits per heavy atom. The van der Waals surface area contributed by atoms with Crippen LogP contribution in [0.4, 0.5) is 10.5 Å². The number of likely N-dealkylation sites (N-methyl/N-ethyl adjacent to an activating group) is 1. The van der Waals surface area contributed by atoms with E-state index in [4.69, 9.17) is 5.11 Å². The highest BCUT2D eigenvalue weighted by molar-refractivity contribution is 5.93. The smallest absolute Gasteiger partial charge is 0.335 e. The number of amides is 2. The second-order valence-corrected chi connectivity index (χ2v) is 5.29. The Morgan fingerprint density at radius 3 is 2.40 bits per heavy atom. The lowest BCUT2D eigenvalue weighted by Gasteiger charge is -2.33.